The van der Waals surface area contributed by atoms with Gasteiger partial charge in [-0.05, 0) is 45.4 Å². The fourth-order valence-electron chi connectivity index (χ4n) is 5.31. The first-order valence-corrected chi connectivity index (χ1v) is 14.4. The van der Waals surface area contributed by atoms with E-state index in [-0.39, 0.29) is 24.3 Å². The molecule has 1 aromatic heterocycles. The topological polar surface area (TPSA) is 102 Å². The molecule has 1 saturated heterocycles. The van der Waals surface area contributed by atoms with E-state index in [1.807, 2.05) is 58.0 Å². The average Bonchev–Trinajstić information content (AvgIpc) is 2.90. The molecule has 0 bridgehead atoms. The van der Waals surface area contributed by atoms with Gasteiger partial charge in [0.05, 0.1) is 29.9 Å². The number of nitrogens with zero attached hydrogens (tertiary/aromatic N) is 5. The van der Waals surface area contributed by atoms with Crippen molar-refractivity contribution >= 4 is 11.9 Å². The number of carbonyl (C=O) groups excluding carboxylic acids is 1. The molecule has 0 aliphatic carbocycles. The summed E-state index contributed by atoms with van der Waals surface area (Å²) in [4.78, 5) is 28.2. The number of cyclic esters (lactones) is 1. The summed E-state index contributed by atoms with van der Waals surface area (Å²) in [5, 5.41) is 22.1. The predicted octanol–water partition coefficient (Wildman–Crippen LogP) is 3.16. The zero-order valence-electron chi connectivity index (χ0n) is 25.3. The molecule has 0 spiro atoms. The van der Waals surface area contributed by atoms with E-state index in [0.717, 1.165) is 37.4 Å². The van der Waals surface area contributed by atoms with Gasteiger partial charge in [-0.15, -0.1) is 0 Å². The number of allylic oxidation sites excluding steroid dienone is 3. The van der Waals surface area contributed by atoms with Gasteiger partial charge in [-0.2, -0.15) is 0 Å². The number of rotatable bonds is 6. The first-order chi connectivity index (χ1) is 18.9. The van der Waals surface area contributed by atoms with Gasteiger partial charge < -0.3 is 24.7 Å². The molecule has 1 aromatic rings. The van der Waals surface area contributed by atoms with Crippen molar-refractivity contribution in [3.63, 3.8) is 0 Å². The second-order valence-corrected chi connectivity index (χ2v) is 12.0. The van der Waals surface area contributed by atoms with Crippen molar-refractivity contribution in [2.75, 3.05) is 52.2 Å². The summed E-state index contributed by atoms with van der Waals surface area (Å²) in [6.07, 6.45) is 11.2. The van der Waals surface area contributed by atoms with E-state index in [9.17, 15) is 15.0 Å². The van der Waals surface area contributed by atoms with Crippen LogP contribution in [0.2, 0.25) is 0 Å². The summed E-state index contributed by atoms with van der Waals surface area (Å²) < 4.78 is 5.94. The van der Waals surface area contributed by atoms with E-state index < -0.39 is 23.8 Å². The Hall–Kier alpha value is -2.59. The van der Waals surface area contributed by atoms with Crippen LogP contribution in [0.15, 0.2) is 48.2 Å². The highest BCUT2D eigenvalue weighted by Gasteiger charge is 2.37. The number of aromatic nitrogens is 2. The van der Waals surface area contributed by atoms with Crippen LogP contribution in [0.25, 0.3) is 0 Å². The van der Waals surface area contributed by atoms with Crippen LogP contribution in [-0.2, 0) is 9.53 Å². The number of hydrogen-bond donors (Lipinski definition) is 2. The SMILES string of the molecule is C/C(=C\C=C\C(C)c1ccnc(N(C)C)n1)[C@H]1OC(=O)C[C@@H](O)CC[C@](C)(O)[C@@H](N2CCN(C)CC2)/C=C/[C@@H]1C. The summed E-state index contributed by atoms with van der Waals surface area (Å²) in [6, 6.07) is 1.72. The molecule has 40 heavy (non-hydrogen) atoms. The quantitative estimate of drug-likeness (QED) is 0.311. The number of anilines is 1. The zero-order chi connectivity index (χ0) is 29.4. The maximum absolute atomic E-state index is 12.8. The molecule has 0 radical (unpaired) electrons. The number of carbonyl (C=O) groups is 1. The van der Waals surface area contributed by atoms with Gasteiger partial charge in [0.15, 0.2) is 0 Å². The van der Waals surface area contributed by atoms with Crippen molar-refractivity contribution in [2.45, 2.75) is 76.7 Å². The third kappa shape index (κ3) is 8.96. The molecule has 3 heterocycles. The maximum atomic E-state index is 12.8. The Bertz CT molecular complexity index is 1060. The minimum absolute atomic E-state index is 0.0728. The summed E-state index contributed by atoms with van der Waals surface area (Å²) in [5.74, 6) is 0.179. The van der Waals surface area contributed by atoms with Crippen molar-refractivity contribution in [2.24, 2.45) is 5.92 Å². The van der Waals surface area contributed by atoms with Crippen molar-refractivity contribution in [3.8, 4) is 0 Å². The maximum Gasteiger partial charge on any atom is 0.309 e. The van der Waals surface area contributed by atoms with Gasteiger partial charge in [0.2, 0.25) is 5.95 Å². The highest BCUT2D eigenvalue weighted by molar-refractivity contribution is 5.70. The second-order valence-electron chi connectivity index (χ2n) is 12.0. The standard InChI is InChI=1S/C31H49N5O4/c1-22(26-14-16-32-30(33-26)34(5)6)9-8-10-23(2)29-24(3)11-12-27(36-19-17-35(7)18-20-36)31(4,39)15-13-25(37)21-28(38)40-29/h8-12,14,16,22,24-25,27,29,37,39H,13,15,17-21H2,1-7H3/b9-8+,12-11+,23-10+/t22?,24-,25-,27-,29+,31-/m0/s1. The minimum atomic E-state index is -1.04. The number of ether oxygens (including phenoxy) is 1. The van der Waals surface area contributed by atoms with E-state index in [1.165, 1.54) is 0 Å². The number of likely N-dealkylation sites (N-methyl/N-ethyl adjacent to an activating group) is 1. The van der Waals surface area contributed by atoms with Crippen molar-refractivity contribution in [3.05, 3.63) is 53.9 Å². The van der Waals surface area contributed by atoms with Gasteiger partial charge >= 0.3 is 5.97 Å². The number of aliphatic hydroxyl groups excluding tert-OH is 1. The van der Waals surface area contributed by atoms with E-state index in [2.05, 4.69) is 52.0 Å². The molecule has 222 valence electrons. The van der Waals surface area contributed by atoms with Gasteiger partial charge in [0.1, 0.15) is 6.10 Å². The third-order valence-electron chi connectivity index (χ3n) is 8.03. The molecule has 1 unspecified atom stereocenters. The number of hydrogen-bond acceptors (Lipinski definition) is 9. The van der Waals surface area contributed by atoms with E-state index >= 15 is 0 Å². The van der Waals surface area contributed by atoms with Crippen LogP contribution in [0, 0.1) is 5.92 Å². The second kappa shape index (κ2) is 14.3. The first kappa shape index (κ1) is 31.9. The summed E-state index contributed by atoms with van der Waals surface area (Å²) >= 11 is 0. The monoisotopic (exact) mass is 555 g/mol. The summed E-state index contributed by atoms with van der Waals surface area (Å²) in [7, 11) is 5.94. The highest BCUT2D eigenvalue weighted by atomic mass is 16.5. The molecule has 2 aliphatic heterocycles. The van der Waals surface area contributed by atoms with Gasteiger partial charge in [-0.1, -0.05) is 44.2 Å². The fraction of sp³-hybridized carbons (Fsp3) is 0.645. The van der Waals surface area contributed by atoms with Crippen molar-refractivity contribution in [1.29, 1.82) is 0 Å². The highest BCUT2D eigenvalue weighted by Crippen LogP contribution is 2.28. The summed E-state index contributed by atoms with van der Waals surface area (Å²) in [6.45, 7) is 11.5. The smallest absolute Gasteiger partial charge is 0.309 e. The van der Waals surface area contributed by atoms with Gasteiger partial charge in [-0.25, -0.2) is 9.97 Å². The molecular weight excluding hydrogens is 506 g/mol. The van der Waals surface area contributed by atoms with Crippen LogP contribution in [0.3, 0.4) is 0 Å². The first-order valence-electron chi connectivity index (χ1n) is 14.4. The number of piperazine rings is 1. The molecule has 0 saturated carbocycles. The molecular formula is C31H49N5O4. The molecule has 9 nitrogen and oxygen atoms in total. The minimum Gasteiger partial charge on any atom is -0.457 e. The lowest BCUT2D eigenvalue weighted by Gasteiger charge is -2.43. The lowest BCUT2D eigenvalue weighted by atomic mass is 9.86. The molecule has 2 N–H and O–H groups in total. The van der Waals surface area contributed by atoms with Crippen LogP contribution in [0.1, 0.15) is 58.6 Å². The number of esters is 1. The summed E-state index contributed by atoms with van der Waals surface area (Å²) in [5.41, 5.74) is 0.786. The van der Waals surface area contributed by atoms with Crippen LogP contribution < -0.4 is 4.90 Å². The molecule has 6 atom stereocenters. The van der Waals surface area contributed by atoms with Crippen LogP contribution >= 0.6 is 0 Å². The van der Waals surface area contributed by atoms with Gasteiger partial charge in [-0.3, -0.25) is 9.69 Å². The Kier molecular flexibility index (Phi) is 11.5. The lowest BCUT2D eigenvalue weighted by Crippen LogP contribution is -2.56. The zero-order valence-corrected chi connectivity index (χ0v) is 25.3. The molecule has 1 fully saturated rings. The van der Waals surface area contributed by atoms with Gasteiger partial charge in [0.25, 0.3) is 0 Å². The number of aliphatic hydroxyl groups is 2. The Balaban J connectivity index is 1.83. The average molecular weight is 556 g/mol. The third-order valence-corrected chi connectivity index (χ3v) is 8.03. The molecule has 3 rings (SSSR count). The van der Waals surface area contributed by atoms with E-state index in [0.29, 0.717) is 18.8 Å². The molecule has 0 aromatic carbocycles. The van der Waals surface area contributed by atoms with Gasteiger partial charge in [0, 0.05) is 58.3 Å². The lowest BCUT2D eigenvalue weighted by molar-refractivity contribution is -0.151. The van der Waals surface area contributed by atoms with Crippen LogP contribution in [0.5, 0.6) is 0 Å². The predicted molar refractivity (Wildman–Crippen MR) is 159 cm³/mol. The Morgan fingerprint density at radius 2 is 1.95 bits per heavy atom. The Morgan fingerprint density at radius 1 is 1.25 bits per heavy atom. The molecule has 0 amide bonds. The normalized spacial score (nSPS) is 31.7. The van der Waals surface area contributed by atoms with E-state index in [4.69, 9.17) is 4.74 Å². The van der Waals surface area contributed by atoms with Crippen LogP contribution in [-0.4, -0.2) is 107 Å². The Morgan fingerprint density at radius 3 is 2.62 bits per heavy atom. The molecule has 2 aliphatic rings. The largest absolute Gasteiger partial charge is 0.457 e. The van der Waals surface area contributed by atoms with E-state index in [1.54, 1.807) is 6.20 Å². The Labute approximate surface area is 240 Å². The fourth-order valence-corrected chi connectivity index (χ4v) is 5.31. The van der Waals surface area contributed by atoms with Crippen molar-refractivity contribution < 1.29 is 19.7 Å². The molecule has 9 heteroatoms. The van der Waals surface area contributed by atoms with Crippen molar-refractivity contribution in [1.82, 2.24) is 19.8 Å². The van der Waals surface area contributed by atoms with Crippen LogP contribution in [0.4, 0.5) is 5.95 Å².